The Labute approximate surface area is 192 Å². The van der Waals surface area contributed by atoms with Crippen LogP contribution in [0.3, 0.4) is 0 Å². The van der Waals surface area contributed by atoms with Crippen LogP contribution in [0.1, 0.15) is 81.4 Å². The van der Waals surface area contributed by atoms with Crippen LogP contribution in [0.4, 0.5) is 0 Å². The molecular weight excluding hydrogens is 396 g/mol. The minimum atomic E-state index is -0.0838. The maximum Gasteiger partial charge on any atom is 0.173 e. The fraction of sp³-hybridized carbons (Fsp3) is 0.429. The Hall–Kier alpha value is -2.88. The monoisotopic (exact) mass is 434 g/mol. The van der Waals surface area contributed by atoms with E-state index in [0.29, 0.717) is 18.4 Å². The second-order valence-corrected chi connectivity index (χ2v) is 8.93. The number of hydrogen-bond donors (Lipinski definition) is 2. The summed E-state index contributed by atoms with van der Waals surface area (Å²) in [6.45, 7) is 8.60. The first kappa shape index (κ1) is 23.8. The number of unbranched alkanes of at least 4 members (excludes halogenated alkanes) is 1. The summed E-state index contributed by atoms with van der Waals surface area (Å²) < 4.78 is 4.38. The molecule has 1 aromatic carbocycles. The molecule has 0 bridgehead atoms. The Morgan fingerprint density at radius 1 is 0.781 bits per heavy atom. The second-order valence-electron chi connectivity index (χ2n) is 8.93. The molecule has 0 aliphatic rings. The molecule has 0 radical (unpaired) electrons. The lowest BCUT2D eigenvalue weighted by Crippen LogP contribution is -2.33. The van der Waals surface area contributed by atoms with E-state index in [9.17, 15) is 10.2 Å². The van der Waals surface area contributed by atoms with Gasteiger partial charge < -0.3 is 10.2 Å². The van der Waals surface area contributed by atoms with Crippen molar-refractivity contribution >= 4 is 0 Å². The standard InChI is InChI=1S/C28H36N2O2/c1-4-6-15-29-16-13-26(14-17-29)24(5-2)9-7-22(3)25-11-18-30(19-12-25)21-23-8-10-27(31)28(32)20-23/h8,10-14,16-20,22,24H,4-7,9,15,21H2,1-3H3/p+2. The maximum atomic E-state index is 9.69. The Morgan fingerprint density at radius 2 is 1.44 bits per heavy atom. The first-order valence-corrected chi connectivity index (χ1v) is 12.0. The number of phenols is 2. The van der Waals surface area contributed by atoms with Crippen molar-refractivity contribution in [1.82, 2.24) is 0 Å². The fourth-order valence-corrected chi connectivity index (χ4v) is 4.24. The molecule has 0 saturated heterocycles. The molecule has 0 spiro atoms. The molecule has 3 rings (SSSR count). The lowest BCUT2D eigenvalue weighted by Gasteiger charge is -2.18. The molecule has 2 atom stereocenters. The number of aryl methyl sites for hydroxylation is 1. The van der Waals surface area contributed by atoms with Gasteiger partial charge in [-0.3, -0.25) is 0 Å². The van der Waals surface area contributed by atoms with Crippen molar-refractivity contribution in [3.63, 3.8) is 0 Å². The van der Waals surface area contributed by atoms with Crippen molar-refractivity contribution in [1.29, 1.82) is 0 Å². The molecule has 3 aromatic rings. The highest BCUT2D eigenvalue weighted by Crippen LogP contribution is 2.29. The van der Waals surface area contributed by atoms with Gasteiger partial charge in [-0.1, -0.05) is 27.2 Å². The van der Waals surface area contributed by atoms with Gasteiger partial charge in [0, 0.05) is 36.2 Å². The molecule has 0 fully saturated rings. The number of nitrogens with zero attached hydrogens (tertiary/aromatic N) is 2. The number of aromatic nitrogens is 2. The van der Waals surface area contributed by atoms with Gasteiger partial charge in [0.05, 0.1) is 0 Å². The summed E-state index contributed by atoms with van der Waals surface area (Å²) in [5.41, 5.74) is 3.77. The third kappa shape index (κ3) is 6.56. The molecule has 2 unspecified atom stereocenters. The van der Waals surface area contributed by atoms with E-state index in [-0.39, 0.29) is 11.5 Å². The van der Waals surface area contributed by atoms with Crippen LogP contribution in [-0.2, 0) is 13.1 Å². The third-order valence-corrected chi connectivity index (χ3v) is 6.49. The average molecular weight is 435 g/mol. The van der Waals surface area contributed by atoms with Gasteiger partial charge in [-0.15, -0.1) is 0 Å². The van der Waals surface area contributed by atoms with Crippen LogP contribution in [-0.4, -0.2) is 10.2 Å². The molecule has 0 aliphatic heterocycles. The van der Waals surface area contributed by atoms with Crippen LogP contribution in [0, 0.1) is 0 Å². The predicted molar refractivity (Wildman–Crippen MR) is 128 cm³/mol. The summed E-state index contributed by atoms with van der Waals surface area (Å²) in [5.74, 6) is 0.955. The van der Waals surface area contributed by atoms with Crippen LogP contribution in [0.25, 0.3) is 0 Å². The van der Waals surface area contributed by atoms with E-state index in [4.69, 9.17) is 0 Å². The molecule has 0 amide bonds. The highest BCUT2D eigenvalue weighted by Gasteiger charge is 2.15. The molecule has 4 heteroatoms. The topological polar surface area (TPSA) is 48.2 Å². The van der Waals surface area contributed by atoms with Gasteiger partial charge in [-0.05, 0) is 60.4 Å². The zero-order chi connectivity index (χ0) is 22.9. The van der Waals surface area contributed by atoms with Crippen molar-refractivity contribution in [2.24, 2.45) is 0 Å². The lowest BCUT2D eigenvalue weighted by molar-refractivity contribution is -0.697. The Balaban J connectivity index is 1.55. The van der Waals surface area contributed by atoms with E-state index in [0.717, 1.165) is 12.1 Å². The Kier molecular flexibility index (Phi) is 8.66. The van der Waals surface area contributed by atoms with Gasteiger partial charge in [-0.25, -0.2) is 9.13 Å². The lowest BCUT2D eigenvalue weighted by atomic mass is 9.87. The zero-order valence-electron chi connectivity index (χ0n) is 19.7. The first-order chi connectivity index (χ1) is 15.5. The Bertz CT molecular complexity index is 968. The van der Waals surface area contributed by atoms with Crippen molar-refractivity contribution in [2.45, 2.75) is 77.8 Å². The van der Waals surface area contributed by atoms with Gasteiger partial charge in [0.1, 0.15) is 6.54 Å². The van der Waals surface area contributed by atoms with Crippen LogP contribution in [0.5, 0.6) is 11.5 Å². The minimum Gasteiger partial charge on any atom is -0.504 e. The van der Waals surface area contributed by atoms with E-state index >= 15 is 0 Å². The van der Waals surface area contributed by atoms with E-state index < -0.39 is 0 Å². The molecular formula is C28H38N2O2+2. The first-order valence-electron chi connectivity index (χ1n) is 12.0. The van der Waals surface area contributed by atoms with Crippen LogP contribution < -0.4 is 9.13 Å². The number of aromatic hydroxyl groups is 2. The van der Waals surface area contributed by atoms with Crippen molar-refractivity contribution in [3.05, 3.63) is 83.9 Å². The number of hydrogen-bond acceptors (Lipinski definition) is 2. The molecule has 0 aliphatic carbocycles. The maximum absolute atomic E-state index is 9.69. The van der Waals surface area contributed by atoms with Gasteiger partial charge in [0.2, 0.25) is 0 Å². The number of rotatable bonds is 11. The summed E-state index contributed by atoms with van der Waals surface area (Å²) in [5, 5.41) is 19.2. The quantitative estimate of drug-likeness (QED) is 0.305. The summed E-state index contributed by atoms with van der Waals surface area (Å²) >= 11 is 0. The predicted octanol–water partition coefficient (Wildman–Crippen LogP) is 5.60. The molecule has 2 heterocycles. The summed E-state index contributed by atoms with van der Waals surface area (Å²) in [7, 11) is 0. The highest BCUT2D eigenvalue weighted by molar-refractivity contribution is 5.40. The average Bonchev–Trinajstić information content (AvgIpc) is 2.81. The van der Waals surface area contributed by atoms with Gasteiger partial charge in [0.25, 0.3) is 0 Å². The van der Waals surface area contributed by atoms with E-state index in [1.165, 1.54) is 49.3 Å². The van der Waals surface area contributed by atoms with Gasteiger partial charge >= 0.3 is 0 Å². The van der Waals surface area contributed by atoms with Crippen molar-refractivity contribution in [3.8, 4) is 11.5 Å². The van der Waals surface area contributed by atoms with Gasteiger partial charge in [-0.2, -0.15) is 0 Å². The Morgan fingerprint density at radius 3 is 2.06 bits per heavy atom. The molecule has 0 saturated carbocycles. The zero-order valence-corrected chi connectivity index (χ0v) is 19.7. The van der Waals surface area contributed by atoms with Crippen LogP contribution in [0.15, 0.2) is 67.3 Å². The SMILES string of the molecule is CCCC[n+]1ccc(C(CC)CCC(C)c2cc[n+](Cc3ccc(O)c(O)c3)cc2)cc1. The van der Waals surface area contributed by atoms with E-state index in [1.807, 2.05) is 6.07 Å². The van der Waals surface area contributed by atoms with Crippen LogP contribution >= 0.6 is 0 Å². The molecule has 170 valence electrons. The van der Waals surface area contributed by atoms with Crippen molar-refractivity contribution < 1.29 is 19.3 Å². The molecule has 32 heavy (non-hydrogen) atoms. The second kappa shape index (κ2) is 11.7. The molecule has 2 N–H and O–H groups in total. The van der Waals surface area contributed by atoms with E-state index in [1.54, 1.807) is 6.07 Å². The smallest absolute Gasteiger partial charge is 0.173 e. The summed E-state index contributed by atoms with van der Waals surface area (Å²) in [6.07, 6.45) is 14.6. The number of phenolic OH excluding ortho intramolecular Hbond substituents is 2. The van der Waals surface area contributed by atoms with E-state index in [2.05, 4.69) is 79.0 Å². The third-order valence-electron chi connectivity index (χ3n) is 6.49. The number of pyridine rings is 2. The molecule has 4 nitrogen and oxygen atoms in total. The largest absolute Gasteiger partial charge is 0.504 e. The normalized spacial score (nSPS) is 13.1. The van der Waals surface area contributed by atoms with Gasteiger partial charge in [0.15, 0.2) is 42.8 Å². The fourth-order valence-electron chi connectivity index (χ4n) is 4.24. The summed E-state index contributed by atoms with van der Waals surface area (Å²) in [6, 6.07) is 14.0. The minimum absolute atomic E-state index is 0.0759. The highest BCUT2D eigenvalue weighted by atomic mass is 16.3. The molecule has 2 aromatic heterocycles. The summed E-state index contributed by atoms with van der Waals surface area (Å²) in [4.78, 5) is 0. The van der Waals surface area contributed by atoms with Crippen LogP contribution in [0.2, 0.25) is 0 Å². The van der Waals surface area contributed by atoms with Crippen molar-refractivity contribution in [2.75, 3.05) is 0 Å². The number of benzene rings is 1.